The fraction of sp³-hybridized carbons (Fsp3) is 0.182. The van der Waals surface area contributed by atoms with Crippen LogP contribution >= 0.6 is 0 Å². The maximum atomic E-state index is 6.33. The van der Waals surface area contributed by atoms with E-state index in [0.29, 0.717) is 0 Å². The van der Waals surface area contributed by atoms with Gasteiger partial charge >= 0.3 is 0 Å². The number of para-hydroxylation sites is 2. The van der Waals surface area contributed by atoms with Gasteiger partial charge in [0.15, 0.2) is 0 Å². The summed E-state index contributed by atoms with van der Waals surface area (Å²) in [7, 11) is 0. The summed E-state index contributed by atoms with van der Waals surface area (Å²) in [6.07, 6.45) is 0. The van der Waals surface area contributed by atoms with Crippen molar-refractivity contribution < 1.29 is 4.74 Å². The molecule has 1 heteroatoms. The second kappa shape index (κ2) is 4.99. The minimum atomic E-state index is -0.0646. The minimum Gasteiger partial charge on any atom is -0.456 e. The first-order valence-electron chi connectivity index (χ1n) is 8.05. The first-order valence-corrected chi connectivity index (χ1v) is 8.05. The van der Waals surface area contributed by atoms with E-state index in [4.69, 9.17) is 4.74 Å². The molecule has 1 heterocycles. The van der Waals surface area contributed by atoms with E-state index in [2.05, 4.69) is 81.4 Å². The summed E-state index contributed by atoms with van der Waals surface area (Å²) < 4.78 is 6.33. The second-order valence-electron chi connectivity index (χ2n) is 6.77. The fourth-order valence-electron chi connectivity index (χ4n) is 3.43. The van der Waals surface area contributed by atoms with Crippen molar-refractivity contribution in [2.75, 3.05) is 0 Å². The molecule has 0 radical (unpaired) electrons. The Morgan fingerprint density at radius 3 is 2.22 bits per heavy atom. The molecule has 0 saturated heterocycles. The molecular formula is C22H20O. The highest BCUT2D eigenvalue weighted by Gasteiger charge is 2.35. The van der Waals surface area contributed by atoms with E-state index in [1.807, 2.05) is 6.07 Å². The van der Waals surface area contributed by atoms with Gasteiger partial charge in [0, 0.05) is 22.1 Å². The van der Waals surface area contributed by atoms with Gasteiger partial charge < -0.3 is 4.74 Å². The Labute approximate surface area is 137 Å². The Hall–Kier alpha value is -2.54. The number of aryl methyl sites for hydroxylation is 1. The van der Waals surface area contributed by atoms with Gasteiger partial charge in [-0.2, -0.15) is 0 Å². The van der Waals surface area contributed by atoms with Crippen LogP contribution in [0.2, 0.25) is 0 Å². The summed E-state index contributed by atoms with van der Waals surface area (Å²) in [6.45, 7) is 6.65. The average Bonchev–Trinajstić information content (AvgIpc) is 2.56. The Kier molecular flexibility index (Phi) is 3.05. The molecule has 23 heavy (non-hydrogen) atoms. The van der Waals surface area contributed by atoms with Crippen molar-refractivity contribution in [2.24, 2.45) is 0 Å². The summed E-state index contributed by atoms with van der Waals surface area (Å²) in [4.78, 5) is 0. The third-order valence-electron chi connectivity index (χ3n) is 4.82. The van der Waals surface area contributed by atoms with Gasteiger partial charge in [-0.15, -0.1) is 0 Å². The van der Waals surface area contributed by atoms with E-state index in [1.165, 1.54) is 22.3 Å². The standard InChI is InChI=1S/C22H20O/c1-15-11-13-16(14-12-15)17-7-6-9-19-21(17)23-20-10-5-4-8-18(20)22(19,2)3/h4-14H,1-3H3. The molecule has 0 N–H and O–H groups in total. The molecule has 3 aromatic rings. The Balaban J connectivity index is 1.94. The molecule has 1 nitrogen and oxygen atoms in total. The van der Waals surface area contributed by atoms with Crippen molar-refractivity contribution in [1.82, 2.24) is 0 Å². The van der Waals surface area contributed by atoms with Crippen molar-refractivity contribution in [3.63, 3.8) is 0 Å². The fourth-order valence-corrected chi connectivity index (χ4v) is 3.43. The van der Waals surface area contributed by atoms with E-state index in [9.17, 15) is 0 Å². The Bertz CT molecular complexity index is 873. The molecule has 0 bridgehead atoms. The molecule has 4 rings (SSSR count). The van der Waals surface area contributed by atoms with E-state index in [0.717, 1.165) is 17.1 Å². The van der Waals surface area contributed by atoms with E-state index in [1.54, 1.807) is 0 Å². The van der Waals surface area contributed by atoms with E-state index >= 15 is 0 Å². The van der Waals surface area contributed by atoms with Crippen LogP contribution in [0.4, 0.5) is 0 Å². The van der Waals surface area contributed by atoms with Gasteiger partial charge in [0.1, 0.15) is 11.5 Å². The van der Waals surface area contributed by atoms with Gasteiger partial charge in [-0.3, -0.25) is 0 Å². The SMILES string of the molecule is Cc1ccc(-c2cccc3c2Oc2ccccc2C3(C)C)cc1. The lowest BCUT2D eigenvalue weighted by atomic mass is 9.75. The highest BCUT2D eigenvalue weighted by molar-refractivity contribution is 5.75. The highest BCUT2D eigenvalue weighted by atomic mass is 16.5. The van der Waals surface area contributed by atoms with Crippen molar-refractivity contribution in [3.8, 4) is 22.6 Å². The molecule has 0 atom stereocenters. The number of rotatable bonds is 1. The molecule has 1 aliphatic rings. The first-order chi connectivity index (χ1) is 11.1. The predicted octanol–water partition coefficient (Wildman–Crippen LogP) is 6.09. The number of hydrogen-bond donors (Lipinski definition) is 0. The first kappa shape index (κ1) is 14.1. The lowest BCUT2D eigenvalue weighted by molar-refractivity contribution is 0.419. The summed E-state index contributed by atoms with van der Waals surface area (Å²) in [5, 5.41) is 0. The zero-order valence-corrected chi connectivity index (χ0v) is 13.8. The molecule has 0 spiro atoms. The maximum Gasteiger partial charge on any atom is 0.139 e. The Morgan fingerprint density at radius 1 is 0.739 bits per heavy atom. The van der Waals surface area contributed by atoms with Crippen LogP contribution in [0.15, 0.2) is 66.7 Å². The number of hydrogen-bond acceptors (Lipinski definition) is 1. The lowest BCUT2D eigenvalue weighted by Crippen LogP contribution is -2.24. The third kappa shape index (κ3) is 2.16. The smallest absolute Gasteiger partial charge is 0.139 e. The summed E-state index contributed by atoms with van der Waals surface area (Å²) in [5.74, 6) is 1.95. The van der Waals surface area contributed by atoms with Crippen molar-refractivity contribution >= 4 is 0 Å². The molecule has 0 amide bonds. The maximum absolute atomic E-state index is 6.33. The molecule has 3 aromatic carbocycles. The number of fused-ring (bicyclic) bond motifs is 2. The van der Waals surface area contributed by atoms with Gasteiger partial charge in [-0.1, -0.05) is 80.1 Å². The molecular weight excluding hydrogens is 280 g/mol. The predicted molar refractivity (Wildman–Crippen MR) is 95.3 cm³/mol. The number of ether oxygens (including phenoxy) is 1. The van der Waals surface area contributed by atoms with E-state index < -0.39 is 0 Å². The van der Waals surface area contributed by atoms with Crippen molar-refractivity contribution in [1.29, 1.82) is 0 Å². The third-order valence-corrected chi connectivity index (χ3v) is 4.82. The van der Waals surface area contributed by atoms with Crippen LogP contribution in [0, 0.1) is 6.92 Å². The van der Waals surface area contributed by atoms with Gasteiger partial charge in [0.05, 0.1) is 0 Å². The van der Waals surface area contributed by atoms with Crippen LogP contribution < -0.4 is 4.74 Å². The molecule has 0 unspecified atom stereocenters. The molecule has 0 aliphatic carbocycles. The largest absolute Gasteiger partial charge is 0.456 e. The monoisotopic (exact) mass is 300 g/mol. The Morgan fingerprint density at radius 2 is 1.43 bits per heavy atom. The topological polar surface area (TPSA) is 9.23 Å². The zero-order chi connectivity index (χ0) is 16.0. The normalized spacial score (nSPS) is 14.6. The lowest BCUT2D eigenvalue weighted by Gasteiger charge is -2.35. The molecule has 1 aliphatic heterocycles. The van der Waals surface area contributed by atoms with Crippen molar-refractivity contribution in [3.05, 3.63) is 83.4 Å². The van der Waals surface area contributed by atoms with Crippen LogP contribution in [0.25, 0.3) is 11.1 Å². The quantitative estimate of drug-likeness (QED) is 0.528. The summed E-state index contributed by atoms with van der Waals surface area (Å²) in [6, 6.07) is 23.4. The summed E-state index contributed by atoms with van der Waals surface area (Å²) in [5.41, 5.74) is 6.05. The van der Waals surface area contributed by atoms with Gasteiger partial charge in [0.25, 0.3) is 0 Å². The minimum absolute atomic E-state index is 0.0646. The van der Waals surface area contributed by atoms with Crippen molar-refractivity contribution in [2.45, 2.75) is 26.2 Å². The number of benzene rings is 3. The summed E-state index contributed by atoms with van der Waals surface area (Å²) >= 11 is 0. The zero-order valence-electron chi connectivity index (χ0n) is 13.8. The second-order valence-corrected chi connectivity index (χ2v) is 6.77. The van der Waals surface area contributed by atoms with Gasteiger partial charge in [-0.25, -0.2) is 0 Å². The molecule has 0 aromatic heterocycles. The van der Waals surface area contributed by atoms with Crippen LogP contribution in [-0.4, -0.2) is 0 Å². The van der Waals surface area contributed by atoms with Crippen LogP contribution in [0.5, 0.6) is 11.5 Å². The average molecular weight is 300 g/mol. The van der Waals surface area contributed by atoms with Gasteiger partial charge in [0.2, 0.25) is 0 Å². The molecule has 114 valence electrons. The van der Waals surface area contributed by atoms with Gasteiger partial charge in [-0.05, 0) is 18.6 Å². The molecule has 0 saturated carbocycles. The van der Waals surface area contributed by atoms with Crippen LogP contribution in [0.3, 0.4) is 0 Å². The van der Waals surface area contributed by atoms with Crippen LogP contribution in [0.1, 0.15) is 30.5 Å². The highest BCUT2D eigenvalue weighted by Crippen LogP contribution is 2.50. The molecule has 0 fully saturated rings. The van der Waals surface area contributed by atoms with Crippen LogP contribution in [-0.2, 0) is 5.41 Å². The van der Waals surface area contributed by atoms with E-state index in [-0.39, 0.29) is 5.41 Å².